The zero-order valence-corrected chi connectivity index (χ0v) is 9.24. The van der Waals surface area contributed by atoms with Gasteiger partial charge in [0.2, 0.25) is 11.8 Å². The molecule has 0 aliphatic rings. The summed E-state index contributed by atoms with van der Waals surface area (Å²) in [5.41, 5.74) is -0.591. The van der Waals surface area contributed by atoms with E-state index in [9.17, 15) is 13.6 Å². The van der Waals surface area contributed by atoms with Crippen molar-refractivity contribution >= 4 is 5.97 Å². The molecule has 0 aliphatic carbocycles. The molecular weight excluding hydrogens is 236 g/mol. The Balaban J connectivity index is 3.35. The number of nitrogens with zero attached hydrogens (tertiary/aromatic N) is 1. The first-order valence-electron chi connectivity index (χ1n) is 4.61. The number of aliphatic carboxylic acids is 1. The van der Waals surface area contributed by atoms with Crippen molar-refractivity contribution in [3.63, 3.8) is 0 Å². The molecule has 1 rings (SSSR count). The van der Waals surface area contributed by atoms with Crippen LogP contribution in [0.4, 0.5) is 8.78 Å². The van der Waals surface area contributed by atoms with Gasteiger partial charge < -0.3 is 14.6 Å². The van der Waals surface area contributed by atoms with Crippen molar-refractivity contribution in [2.45, 2.75) is 12.8 Å². The standard InChI is InChI=1S/C10H11F2NO4/c1-16-6-3-5(4-7(14)15)8(9(11)12)10(13-6)17-2/h3,9H,4H2,1-2H3,(H,14,15). The summed E-state index contributed by atoms with van der Waals surface area (Å²) in [7, 11) is 2.48. The largest absolute Gasteiger partial charge is 0.481 e. The summed E-state index contributed by atoms with van der Waals surface area (Å²) < 4.78 is 35.1. The maximum Gasteiger partial charge on any atom is 0.307 e. The van der Waals surface area contributed by atoms with Gasteiger partial charge in [0.1, 0.15) is 0 Å². The van der Waals surface area contributed by atoms with Gasteiger partial charge in [-0.2, -0.15) is 4.98 Å². The summed E-state index contributed by atoms with van der Waals surface area (Å²) in [5.74, 6) is -1.51. The third-order valence-electron chi connectivity index (χ3n) is 2.05. The average Bonchev–Trinajstić information content (AvgIpc) is 2.26. The van der Waals surface area contributed by atoms with Gasteiger partial charge in [-0.3, -0.25) is 4.79 Å². The second kappa shape index (κ2) is 5.42. The Labute approximate surface area is 96.0 Å². The van der Waals surface area contributed by atoms with E-state index in [1.54, 1.807) is 0 Å². The first kappa shape index (κ1) is 13.1. The third-order valence-corrected chi connectivity index (χ3v) is 2.05. The lowest BCUT2D eigenvalue weighted by atomic mass is 10.1. The number of ether oxygens (including phenoxy) is 2. The number of carboxylic acid groups (broad SMARTS) is 1. The van der Waals surface area contributed by atoms with Crippen LogP contribution in [0, 0.1) is 0 Å². The van der Waals surface area contributed by atoms with Crippen LogP contribution in [0.5, 0.6) is 11.8 Å². The van der Waals surface area contributed by atoms with E-state index < -0.39 is 24.4 Å². The van der Waals surface area contributed by atoms with E-state index in [-0.39, 0.29) is 17.3 Å². The molecule has 1 aromatic heterocycles. The van der Waals surface area contributed by atoms with Gasteiger partial charge in [-0.15, -0.1) is 0 Å². The SMILES string of the molecule is COc1cc(CC(=O)O)c(C(F)F)c(OC)n1. The lowest BCUT2D eigenvalue weighted by Gasteiger charge is -2.12. The first-order chi connectivity index (χ1) is 7.99. The normalized spacial score (nSPS) is 10.4. The molecule has 0 atom stereocenters. The van der Waals surface area contributed by atoms with Crippen molar-refractivity contribution < 1.29 is 28.2 Å². The molecule has 1 heterocycles. The van der Waals surface area contributed by atoms with Crippen LogP contribution in [-0.4, -0.2) is 30.3 Å². The van der Waals surface area contributed by atoms with Crippen molar-refractivity contribution in [1.82, 2.24) is 4.98 Å². The molecule has 0 aliphatic heterocycles. The molecule has 94 valence electrons. The van der Waals surface area contributed by atoms with E-state index in [1.807, 2.05) is 0 Å². The molecular formula is C10H11F2NO4. The molecule has 0 radical (unpaired) electrons. The molecule has 17 heavy (non-hydrogen) atoms. The first-order valence-corrected chi connectivity index (χ1v) is 4.61. The van der Waals surface area contributed by atoms with Crippen LogP contribution in [0.3, 0.4) is 0 Å². The molecule has 1 N–H and O–H groups in total. The Morgan fingerprint density at radius 3 is 2.53 bits per heavy atom. The molecule has 0 saturated carbocycles. The van der Waals surface area contributed by atoms with Crippen LogP contribution in [-0.2, 0) is 11.2 Å². The van der Waals surface area contributed by atoms with Gasteiger partial charge in [-0.1, -0.05) is 0 Å². The minimum atomic E-state index is -2.86. The van der Waals surface area contributed by atoms with Gasteiger partial charge in [0.25, 0.3) is 6.43 Å². The maximum absolute atomic E-state index is 12.8. The number of halogens is 2. The van der Waals surface area contributed by atoms with Crippen LogP contribution in [0.15, 0.2) is 6.07 Å². The number of carboxylic acids is 1. The van der Waals surface area contributed by atoms with E-state index in [2.05, 4.69) is 4.98 Å². The van der Waals surface area contributed by atoms with Crippen LogP contribution >= 0.6 is 0 Å². The molecule has 0 fully saturated rings. The van der Waals surface area contributed by atoms with Crippen molar-refractivity contribution in [3.8, 4) is 11.8 Å². The zero-order valence-electron chi connectivity index (χ0n) is 9.24. The fourth-order valence-corrected chi connectivity index (χ4v) is 1.36. The average molecular weight is 247 g/mol. The van der Waals surface area contributed by atoms with E-state index in [4.69, 9.17) is 14.6 Å². The van der Waals surface area contributed by atoms with Crippen molar-refractivity contribution in [2.75, 3.05) is 14.2 Å². The Bertz CT molecular complexity index is 423. The highest BCUT2D eigenvalue weighted by Gasteiger charge is 2.23. The molecule has 0 saturated heterocycles. The van der Waals surface area contributed by atoms with Crippen molar-refractivity contribution in [3.05, 3.63) is 17.2 Å². The summed E-state index contributed by atoms with van der Waals surface area (Å²) in [5, 5.41) is 8.65. The Hall–Kier alpha value is -1.92. The van der Waals surface area contributed by atoms with Crippen LogP contribution in [0.1, 0.15) is 17.6 Å². The van der Waals surface area contributed by atoms with E-state index in [0.717, 1.165) is 6.07 Å². The molecule has 0 bridgehead atoms. The van der Waals surface area contributed by atoms with Gasteiger partial charge in [-0.25, -0.2) is 8.78 Å². The Morgan fingerprint density at radius 1 is 1.47 bits per heavy atom. The second-order valence-corrected chi connectivity index (χ2v) is 3.12. The van der Waals surface area contributed by atoms with Gasteiger partial charge in [-0.05, 0) is 5.56 Å². The summed E-state index contributed by atoms with van der Waals surface area (Å²) >= 11 is 0. The molecule has 0 aromatic carbocycles. The number of pyridine rings is 1. The predicted molar refractivity (Wildman–Crippen MR) is 53.6 cm³/mol. The number of methoxy groups -OCH3 is 2. The Morgan fingerprint density at radius 2 is 2.12 bits per heavy atom. The topological polar surface area (TPSA) is 68.7 Å². The van der Waals surface area contributed by atoms with Crippen molar-refractivity contribution in [2.24, 2.45) is 0 Å². The fourth-order valence-electron chi connectivity index (χ4n) is 1.36. The zero-order chi connectivity index (χ0) is 13.0. The minimum absolute atomic E-state index is 0.0301. The third kappa shape index (κ3) is 3.02. The number of hydrogen-bond donors (Lipinski definition) is 1. The molecule has 0 unspecified atom stereocenters. The number of alkyl halides is 2. The van der Waals surface area contributed by atoms with E-state index in [0.29, 0.717) is 0 Å². The molecule has 5 nitrogen and oxygen atoms in total. The van der Waals surface area contributed by atoms with Gasteiger partial charge in [0.05, 0.1) is 26.2 Å². The van der Waals surface area contributed by atoms with Crippen molar-refractivity contribution in [1.29, 1.82) is 0 Å². The molecule has 7 heteroatoms. The molecule has 0 spiro atoms. The lowest BCUT2D eigenvalue weighted by Crippen LogP contribution is -2.08. The van der Waals surface area contributed by atoms with Gasteiger partial charge in [0, 0.05) is 6.07 Å². The highest BCUT2D eigenvalue weighted by Crippen LogP contribution is 2.33. The highest BCUT2D eigenvalue weighted by atomic mass is 19.3. The van der Waals surface area contributed by atoms with E-state index >= 15 is 0 Å². The van der Waals surface area contributed by atoms with Gasteiger partial charge >= 0.3 is 5.97 Å². The smallest absolute Gasteiger partial charge is 0.307 e. The van der Waals surface area contributed by atoms with Crippen LogP contribution in [0.2, 0.25) is 0 Å². The van der Waals surface area contributed by atoms with E-state index in [1.165, 1.54) is 14.2 Å². The summed E-state index contributed by atoms with van der Waals surface area (Å²) in [6.07, 6.45) is -3.41. The second-order valence-electron chi connectivity index (χ2n) is 3.12. The summed E-state index contributed by atoms with van der Waals surface area (Å²) in [4.78, 5) is 14.3. The molecule has 1 aromatic rings. The Kier molecular flexibility index (Phi) is 4.19. The highest BCUT2D eigenvalue weighted by molar-refractivity contribution is 5.71. The lowest BCUT2D eigenvalue weighted by molar-refractivity contribution is -0.136. The quantitative estimate of drug-likeness (QED) is 0.857. The van der Waals surface area contributed by atoms with Gasteiger partial charge in [0.15, 0.2) is 0 Å². The molecule has 0 amide bonds. The number of rotatable bonds is 5. The summed E-state index contributed by atoms with van der Waals surface area (Å²) in [6.45, 7) is 0. The minimum Gasteiger partial charge on any atom is -0.481 e. The number of aromatic nitrogens is 1. The van der Waals surface area contributed by atoms with Crippen LogP contribution < -0.4 is 9.47 Å². The maximum atomic E-state index is 12.8. The monoisotopic (exact) mass is 247 g/mol. The van der Waals surface area contributed by atoms with Crippen LogP contribution in [0.25, 0.3) is 0 Å². The summed E-state index contributed by atoms with van der Waals surface area (Å²) in [6, 6.07) is 1.16. The predicted octanol–water partition coefficient (Wildman–Crippen LogP) is 1.66. The number of carbonyl (C=O) groups is 1. The fraction of sp³-hybridized carbons (Fsp3) is 0.400. The number of hydrogen-bond acceptors (Lipinski definition) is 4.